The van der Waals surface area contributed by atoms with Crippen molar-refractivity contribution in [2.75, 3.05) is 20.6 Å². The fourth-order valence-corrected chi connectivity index (χ4v) is 3.30. The molecule has 1 aromatic carbocycles. The van der Waals surface area contributed by atoms with Crippen molar-refractivity contribution in [3.8, 4) is 5.75 Å². The Labute approximate surface area is 157 Å². The van der Waals surface area contributed by atoms with Gasteiger partial charge in [0.15, 0.2) is 5.76 Å². The molecule has 1 unspecified atom stereocenters. The number of benzene rings is 1. The van der Waals surface area contributed by atoms with Gasteiger partial charge in [-0.3, -0.25) is 4.79 Å². The van der Waals surface area contributed by atoms with Crippen LogP contribution in [0.4, 0.5) is 0 Å². The van der Waals surface area contributed by atoms with Crippen molar-refractivity contribution < 1.29 is 13.9 Å². The maximum absolute atomic E-state index is 12.4. The summed E-state index contributed by atoms with van der Waals surface area (Å²) in [5, 5.41) is 7.09. The lowest BCUT2D eigenvalue weighted by molar-refractivity contribution is 0.0910. The number of amides is 1. The first-order chi connectivity index (χ1) is 12.6. The second-order valence-corrected chi connectivity index (χ2v) is 6.89. The predicted octanol–water partition coefficient (Wildman–Crippen LogP) is 3.95. The zero-order chi connectivity index (χ0) is 18.4. The number of para-hydroxylation sites is 1. The fraction of sp³-hybridized carbons (Fsp3) is 0.250. The van der Waals surface area contributed by atoms with Crippen molar-refractivity contribution in [1.82, 2.24) is 10.2 Å². The van der Waals surface area contributed by atoms with Crippen LogP contribution in [-0.2, 0) is 6.61 Å². The molecule has 136 valence electrons. The van der Waals surface area contributed by atoms with Crippen LogP contribution in [0.1, 0.15) is 27.9 Å². The highest BCUT2D eigenvalue weighted by molar-refractivity contribution is 7.07. The van der Waals surface area contributed by atoms with Gasteiger partial charge in [0.2, 0.25) is 0 Å². The molecule has 0 aliphatic rings. The highest BCUT2D eigenvalue weighted by atomic mass is 32.1. The molecule has 0 aliphatic carbocycles. The molecular weight excluding hydrogens is 348 g/mol. The van der Waals surface area contributed by atoms with E-state index in [1.807, 2.05) is 49.8 Å². The van der Waals surface area contributed by atoms with Crippen molar-refractivity contribution in [1.29, 1.82) is 0 Å². The quantitative estimate of drug-likeness (QED) is 0.652. The topological polar surface area (TPSA) is 54.7 Å². The van der Waals surface area contributed by atoms with E-state index in [4.69, 9.17) is 9.15 Å². The van der Waals surface area contributed by atoms with Gasteiger partial charge in [-0.2, -0.15) is 11.3 Å². The van der Waals surface area contributed by atoms with Crippen LogP contribution in [0.5, 0.6) is 5.75 Å². The van der Waals surface area contributed by atoms with E-state index < -0.39 is 0 Å². The van der Waals surface area contributed by atoms with Gasteiger partial charge in [0.1, 0.15) is 18.1 Å². The lowest BCUT2D eigenvalue weighted by Crippen LogP contribution is -2.34. The van der Waals surface area contributed by atoms with Gasteiger partial charge in [0.05, 0.1) is 6.04 Å². The van der Waals surface area contributed by atoms with Crippen LogP contribution in [-0.4, -0.2) is 31.4 Å². The Balaban J connectivity index is 1.54. The van der Waals surface area contributed by atoms with Gasteiger partial charge in [-0.25, -0.2) is 0 Å². The van der Waals surface area contributed by atoms with Crippen LogP contribution in [0.15, 0.2) is 63.7 Å². The third kappa shape index (κ3) is 4.74. The summed E-state index contributed by atoms with van der Waals surface area (Å²) >= 11 is 1.65. The van der Waals surface area contributed by atoms with Gasteiger partial charge >= 0.3 is 0 Å². The van der Waals surface area contributed by atoms with E-state index in [0.717, 1.165) is 5.75 Å². The van der Waals surface area contributed by atoms with Crippen LogP contribution < -0.4 is 10.1 Å². The van der Waals surface area contributed by atoms with E-state index >= 15 is 0 Å². The summed E-state index contributed by atoms with van der Waals surface area (Å²) < 4.78 is 11.2. The molecule has 3 rings (SSSR count). The summed E-state index contributed by atoms with van der Waals surface area (Å²) in [6.07, 6.45) is 0. The summed E-state index contributed by atoms with van der Waals surface area (Å²) in [5.41, 5.74) is 1.19. The Kier molecular flexibility index (Phi) is 6.09. The van der Waals surface area contributed by atoms with Gasteiger partial charge in [0, 0.05) is 6.54 Å². The molecule has 6 heteroatoms. The van der Waals surface area contributed by atoms with Crippen molar-refractivity contribution >= 4 is 17.2 Å². The Hall–Kier alpha value is -2.57. The third-order valence-electron chi connectivity index (χ3n) is 4.02. The van der Waals surface area contributed by atoms with E-state index in [2.05, 4.69) is 21.7 Å². The normalized spacial score (nSPS) is 12.1. The molecule has 0 radical (unpaired) electrons. The zero-order valence-electron chi connectivity index (χ0n) is 14.8. The Bertz CT molecular complexity index is 813. The molecule has 1 amide bonds. The molecule has 1 atom stereocenters. The first-order valence-corrected chi connectivity index (χ1v) is 9.31. The number of furan rings is 1. The number of carbonyl (C=O) groups excluding carboxylic acids is 1. The molecule has 0 saturated heterocycles. The maximum atomic E-state index is 12.4. The minimum atomic E-state index is -0.224. The van der Waals surface area contributed by atoms with Gasteiger partial charge < -0.3 is 19.4 Å². The van der Waals surface area contributed by atoms with Crippen molar-refractivity contribution in [3.63, 3.8) is 0 Å². The number of hydrogen-bond donors (Lipinski definition) is 1. The van der Waals surface area contributed by atoms with Gasteiger partial charge in [-0.1, -0.05) is 18.2 Å². The molecule has 0 spiro atoms. The zero-order valence-corrected chi connectivity index (χ0v) is 15.7. The molecular formula is C20H22N2O3S. The van der Waals surface area contributed by atoms with E-state index in [9.17, 15) is 4.79 Å². The fourth-order valence-electron chi connectivity index (χ4n) is 2.59. The maximum Gasteiger partial charge on any atom is 0.287 e. The molecule has 5 nitrogen and oxygen atoms in total. The summed E-state index contributed by atoms with van der Waals surface area (Å²) in [6.45, 7) is 0.797. The number of likely N-dealkylation sites (N-methyl/N-ethyl adjacent to an activating group) is 1. The number of thiophene rings is 1. The second-order valence-electron chi connectivity index (χ2n) is 6.11. The van der Waals surface area contributed by atoms with Crippen molar-refractivity contribution in [2.45, 2.75) is 12.6 Å². The molecule has 2 aromatic heterocycles. The van der Waals surface area contributed by atoms with Crippen molar-refractivity contribution in [2.24, 2.45) is 0 Å². The summed E-state index contributed by atoms with van der Waals surface area (Å²) in [4.78, 5) is 14.5. The minimum absolute atomic E-state index is 0.126. The van der Waals surface area contributed by atoms with Crippen molar-refractivity contribution in [3.05, 3.63) is 76.4 Å². The highest BCUT2D eigenvalue weighted by Gasteiger charge is 2.18. The number of rotatable bonds is 8. The van der Waals surface area contributed by atoms with E-state index in [0.29, 0.717) is 18.1 Å². The lowest BCUT2D eigenvalue weighted by atomic mass is 10.1. The molecule has 0 aliphatic heterocycles. The first kappa shape index (κ1) is 18.2. The number of carbonyl (C=O) groups is 1. The monoisotopic (exact) mass is 370 g/mol. The summed E-state index contributed by atoms with van der Waals surface area (Å²) in [7, 11) is 4.00. The van der Waals surface area contributed by atoms with E-state index in [1.54, 1.807) is 23.5 Å². The Morgan fingerprint density at radius 1 is 1.19 bits per heavy atom. The molecule has 0 fully saturated rings. The summed E-state index contributed by atoms with van der Waals surface area (Å²) in [6, 6.07) is 15.1. The second kappa shape index (κ2) is 8.69. The number of ether oxygens (including phenoxy) is 1. The van der Waals surface area contributed by atoms with Gasteiger partial charge in [0.25, 0.3) is 5.91 Å². The SMILES string of the molecule is CN(C)C(CNC(=O)c1ccc(COc2ccccc2)o1)c1ccsc1. The minimum Gasteiger partial charge on any atom is -0.486 e. The van der Waals surface area contributed by atoms with E-state index in [1.165, 1.54) is 5.56 Å². The number of nitrogens with zero attached hydrogens (tertiary/aromatic N) is 1. The molecule has 2 heterocycles. The number of nitrogens with one attached hydrogen (secondary N) is 1. The van der Waals surface area contributed by atoms with Crippen LogP contribution in [0.25, 0.3) is 0 Å². The van der Waals surface area contributed by atoms with Gasteiger partial charge in [-0.05, 0) is 60.8 Å². The Morgan fingerprint density at radius 3 is 2.69 bits per heavy atom. The predicted molar refractivity (Wildman–Crippen MR) is 103 cm³/mol. The van der Waals surface area contributed by atoms with Crippen LogP contribution >= 0.6 is 11.3 Å². The molecule has 26 heavy (non-hydrogen) atoms. The molecule has 1 N–H and O–H groups in total. The third-order valence-corrected chi connectivity index (χ3v) is 4.72. The molecule has 3 aromatic rings. The lowest BCUT2D eigenvalue weighted by Gasteiger charge is -2.23. The standard InChI is InChI=1S/C20H22N2O3S/c1-22(2)18(15-10-11-26-14-15)12-21-20(23)19-9-8-17(25-19)13-24-16-6-4-3-5-7-16/h3-11,14,18H,12-13H2,1-2H3,(H,21,23). The summed E-state index contributed by atoms with van der Waals surface area (Å²) in [5.74, 6) is 1.44. The highest BCUT2D eigenvalue weighted by Crippen LogP contribution is 2.20. The van der Waals surface area contributed by atoms with Crippen LogP contribution in [0.3, 0.4) is 0 Å². The average Bonchev–Trinajstić information content (AvgIpc) is 3.33. The van der Waals surface area contributed by atoms with Crippen LogP contribution in [0, 0.1) is 0 Å². The smallest absolute Gasteiger partial charge is 0.287 e. The van der Waals surface area contributed by atoms with Gasteiger partial charge in [-0.15, -0.1) is 0 Å². The molecule has 0 bridgehead atoms. The van der Waals surface area contributed by atoms with Crippen LogP contribution in [0.2, 0.25) is 0 Å². The van der Waals surface area contributed by atoms with E-state index in [-0.39, 0.29) is 18.6 Å². The first-order valence-electron chi connectivity index (χ1n) is 8.37. The number of hydrogen-bond acceptors (Lipinski definition) is 5. The average molecular weight is 370 g/mol. The molecule has 0 saturated carbocycles. The Morgan fingerprint density at radius 2 is 2.00 bits per heavy atom. The largest absolute Gasteiger partial charge is 0.486 e.